The second-order valence-electron chi connectivity index (χ2n) is 6.66. The lowest BCUT2D eigenvalue weighted by molar-refractivity contribution is -0.143. The van der Waals surface area contributed by atoms with Gasteiger partial charge in [0.15, 0.2) is 5.82 Å². The number of amidine groups is 1. The number of methoxy groups -OCH3 is 1. The van der Waals surface area contributed by atoms with Gasteiger partial charge in [0.05, 0.1) is 25.5 Å². The molecule has 1 aliphatic heterocycles. The summed E-state index contributed by atoms with van der Waals surface area (Å²) in [5.41, 5.74) is 6.82. The second kappa shape index (κ2) is 9.33. The van der Waals surface area contributed by atoms with Gasteiger partial charge in [0.1, 0.15) is 18.9 Å². The SMILES string of the molecule is COc1cc(COC2CN(c3cccc(COC(=O)CC(=N)N)c3F)C2)ccn1. The van der Waals surface area contributed by atoms with Crippen LogP contribution in [0.15, 0.2) is 36.5 Å². The molecule has 9 heteroatoms. The predicted octanol–water partition coefficient (Wildman–Crippen LogP) is 2.00. The van der Waals surface area contributed by atoms with Gasteiger partial charge < -0.3 is 24.8 Å². The van der Waals surface area contributed by atoms with Crippen LogP contribution < -0.4 is 15.4 Å². The van der Waals surface area contributed by atoms with Gasteiger partial charge in [-0.05, 0) is 17.7 Å². The van der Waals surface area contributed by atoms with Gasteiger partial charge in [-0.25, -0.2) is 9.37 Å². The lowest BCUT2D eigenvalue weighted by Crippen LogP contribution is -2.52. The quantitative estimate of drug-likeness (QED) is 0.375. The number of benzene rings is 1. The van der Waals surface area contributed by atoms with Crippen LogP contribution in [-0.2, 0) is 27.5 Å². The van der Waals surface area contributed by atoms with Gasteiger partial charge in [0.25, 0.3) is 0 Å². The number of nitrogens with zero attached hydrogens (tertiary/aromatic N) is 2. The minimum absolute atomic E-state index is 0.00869. The molecule has 2 aromatic rings. The number of nitrogens with one attached hydrogen (secondary N) is 1. The van der Waals surface area contributed by atoms with E-state index < -0.39 is 11.8 Å². The van der Waals surface area contributed by atoms with Gasteiger partial charge in [-0.1, -0.05) is 12.1 Å². The van der Waals surface area contributed by atoms with Crippen molar-refractivity contribution in [2.24, 2.45) is 5.73 Å². The third-order valence-corrected chi connectivity index (χ3v) is 4.46. The van der Waals surface area contributed by atoms with Crippen molar-refractivity contribution in [3.8, 4) is 5.88 Å². The van der Waals surface area contributed by atoms with Gasteiger partial charge in [0, 0.05) is 30.9 Å². The van der Waals surface area contributed by atoms with Crippen LogP contribution in [0.5, 0.6) is 5.88 Å². The fourth-order valence-electron chi connectivity index (χ4n) is 2.89. The largest absolute Gasteiger partial charge is 0.481 e. The molecule has 1 fully saturated rings. The molecule has 3 rings (SSSR count). The van der Waals surface area contributed by atoms with Gasteiger partial charge in [-0.2, -0.15) is 0 Å². The van der Waals surface area contributed by atoms with E-state index in [9.17, 15) is 9.18 Å². The Hall–Kier alpha value is -3.20. The number of carbonyl (C=O) groups excluding carboxylic acids is 1. The highest BCUT2D eigenvalue weighted by Gasteiger charge is 2.30. The molecule has 2 heterocycles. The summed E-state index contributed by atoms with van der Waals surface area (Å²) < 4.78 is 30.7. The van der Waals surface area contributed by atoms with Crippen molar-refractivity contribution in [2.75, 3.05) is 25.1 Å². The number of anilines is 1. The zero-order valence-electron chi connectivity index (χ0n) is 16.1. The van der Waals surface area contributed by atoms with Gasteiger partial charge >= 0.3 is 5.97 Å². The number of esters is 1. The van der Waals surface area contributed by atoms with Crippen molar-refractivity contribution in [3.05, 3.63) is 53.5 Å². The molecule has 154 valence electrons. The zero-order chi connectivity index (χ0) is 20.8. The number of hydrogen-bond acceptors (Lipinski definition) is 7. The Labute approximate surface area is 167 Å². The summed E-state index contributed by atoms with van der Waals surface area (Å²) in [4.78, 5) is 17.4. The van der Waals surface area contributed by atoms with Gasteiger partial charge in [0.2, 0.25) is 5.88 Å². The summed E-state index contributed by atoms with van der Waals surface area (Å²) in [5, 5.41) is 7.08. The Balaban J connectivity index is 1.51. The molecule has 29 heavy (non-hydrogen) atoms. The minimum Gasteiger partial charge on any atom is -0.481 e. The minimum atomic E-state index is -0.660. The van der Waals surface area contributed by atoms with E-state index >= 15 is 0 Å². The van der Waals surface area contributed by atoms with Crippen LogP contribution in [0.4, 0.5) is 10.1 Å². The molecule has 0 aliphatic carbocycles. The molecule has 0 saturated carbocycles. The molecular weight excluding hydrogens is 379 g/mol. The predicted molar refractivity (Wildman–Crippen MR) is 104 cm³/mol. The van der Waals surface area contributed by atoms with Crippen LogP contribution in [0.1, 0.15) is 17.5 Å². The van der Waals surface area contributed by atoms with E-state index in [4.69, 9.17) is 25.4 Å². The molecule has 0 bridgehead atoms. The number of halogens is 1. The maximum absolute atomic E-state index is 14.8. The summed E-state index contributed by atoms with van der Waals surface area (Å²) >= 11 is 0. The second-order valence-corrected chi connectivity index (χ2v) is 6.66. The number of nitrogens with two attached hydrogens (primary N) is 1. The Kier molecular flexibility index (Phi) is 6.61. The molecule has 0 unspecified atom stereocenters. The fourth-order valence-corrected chi connectivity index (χ4v) is 2.89. The van der Waals surface area contributed by atoms with E-state index in [1.165, 1.54) is 0 Å². The highest BCUT2D eigenvalue weighted by molar-refractivity contribution is 5.94. The molecule has 1 aromatic heterocycles. The summed E-state index contributed by atoms with van der Waals surface area (Å²) in [7, 11) is 1.56. The molecule has 1 aromatic carbocycles. The van der Waals surface area contributed by atoms with E-state index in [0.717, 1.165) is 5.56 Å². The van der Waals surface area contributed by atoms with E-state index in [2.05, 4.69) is 4.98 Å². The van der Waals surface area contributed by atoms with Crippen LogP contribution in [0.25, 0.3) is 0 Å². The lowest BCUT2D eigenvalue weighted by atomic mass is 10.1. The first-order chi connectivity index (χ1) is 14.0. The average Bonchev–Trinajstić information content (AvgIpc) is 2.66. The van der Waals surface area contributed by atoms with Crippen LogP contribution in [0.2, 0.25) is 0 Å². The Morgan fingerprint density at radius 2 is 2.14 bits per heavy atom. The molecule has 8 nitrogen and oxygen atoms in total. The number of ether oxygens (including phenoxy) is 3. The first-order valence-corrected chi connectivity index (χ1v) is 9.07. The number of rotatable bonds is 9. The number of pyridine rings is 1. The number of carbonyl (C=O) groups is 1. The maximum atomic E-state index is 14.8. The van der Waals surface area contributed by atoms with Crippen LogP contribution >= 0.6 is 0 Å². The number of aromatic nitrogens is 1. The molecule has 0 amide bonds. The van der Waals surface area contributed by atoms with Crippen molar-refractivity contribution in [3.63, 3.8) is 0 Å². The Bertz CT molecular complexity index is 887. The van der Waals surface area contributed by atoms with Crippen molar-refractivity contribution >= 4 is 17.5 Å². The zero-order valence-corrected chi connectivity index (χ0v) is 16.1. The highest BCUT2D eigenvalue weighted by atomic mass is 19.1. The summed E-state index contributed by atoms with van der Waals surface area (Å²) in [6, 6.07) is 8.62. The first-order valence-electron chi connectivity index (χ1n) is 9.07. The third-order valence-electron chi connectivity index (χ3n) is 4.46. The van der Waals surface area contributed by atoms with E-state index in [1.807, 2.05) is 17.0 Å². The van der Waals surface area contributed by atoms with Crippen molar-refractivity contribution in [1.29, 1.82) is 5.41 Å². The summed E-state index contributed by atoms with van der Waals surface area (Å²) in [6.07, 6.45) is 1.34. The van der Waals surface area contributed by atoms with Crippen molar-refractivity contribution in [1.82, 2.24) is 4.98 Å². The molecule has 1 saturated heterocycles. The molecule has 0 radical (unpaired) electrons. The summed E-state index contributed by atoms with van der Waals surface area (Å²) in [6.45, 7) is 1.34. The molecular formula is C20H23FN4O4. The van der Waals surface area contributed by atoms with Gasteiger partial charge in [-0.15, -0.1) is 0 Å². The lowest BCUT2D eigenvalue weighted by Gasteiger charge is -2.41. The first kappa shape index (κ1) is 20.5. The van der Waals surface area contributed by atoms with E-state index in [0.29, 0.717) is 31.3 Å². The molecule has 3 N–H and O–H groups in total. The third kappa shape index (κ3) is 5.41. The van der Waals surface area contributed by atoms with E-state index in [1.54, 1.807) is 31.5 Å². The topological polar surface area (TPSA) is 111 Å². The van der Waals surface area contributed by atoms with Gasteiger partial charge in [-0.3, -0.25) is 10.2 Å². The van der Waals surface area contributed by atoms with Crippen molar-refractivity contribution < 1.29 is 23.4 Å². The van der Waals surface area contributed by atoms with Crippen LogP contribution in [0.3, 0.4) is 0 Å². The maximum Gasteiger partial charge on any atom is 0.313 e. The molecule has 0 spiro atoms. The highest BCUT2D eigenvalue weighted by Crippen LogP contribution is 2.28. The number of hydrogen-bond donors (Lipinski definition) is 2. The fraction of sp³-hybridized carbons (Fsp3) is 0.350. The molecule has 0 atom stereocenters. The van der Waals surface area contributed by atoms with Crippen LogP contribution in [0, 0.1) is 11.2 Å². The monoisotopic (exact) mass is 402 g/mol. The normalized spacial score (nSPS) is 13.7. The Morgan fingerprint density at radius 3 is 2.86 bits per heavy atom. The average molecular weight is 402 g/mol. The Morgan fingerprint density at radius 1 is 1.34 bits per heavy atom. The summed E-state index contributed by atoms with van der Waals surface area (Å²) in [5.74, 6) is -0.849. The van der Waals surface area contributed by atoms with Crippen LogP contribution in [-0.4, -0.2) is 43.1 Å². The molecule has 1 aliphatic rings. The van der Waals surface area contributed by atoms with E-state index in [-0.39, 0.29) is 30.5 Å². The van der Waals surface area contributed by atoms with Crippen molar-refractivity contribution in [2.45, 2.75) is 25.7 Å². The smallest absolute Gasteiger partial charge is 0.313 e. The standard InChI is InChI=1S/C20H23FN4O4/c1-27-18-7-13(5-6-24-18)11-28-15-9-25(10-15)16-4-2-3-14(20(16)21)12-29-19(26)8-17(22)23/h2-7,15H,8-12H2,1H3,(H3,22,23).